The van der Waals surface area contributed by atoms with Crippen LogP contribution in [0.2, 0.25) is 0 Å². The van der Waals surface area contributed by atoms with Gasteiger partial charge in [0.15, 0.2) is 6.61 Å². The molecule has 0 bridgehead atoms. The van der Waals surface area contributed by atoms with Crippen LogP contribution in [0, 0.1) is 11.7 Å². The van der Waals surface area contributed by atoms with Crippen LogP contribution in [0.1, 0.15) is 32.1 Å². The molecule has 7 heteroatoms. The van der Waals surface area contributed by atoms with Gasteiger partial charge in [0.05, 0.1) is 5.69 Å². The molecule has 130 valence electrons. The quantitative estimate of drug-likeness (QED) is 0.778. The molecule has 2 rings (SSSR count). The molecule has 0 spiro atoms. The average molecular weight is 336 g/mol. The highest BCUT2D eigenvalue weighted by Crippen LogP contribution is 2.23. The number of rotatable bonds is 6. The Balaban J connectivity index is 1.66. The van der Waals surface area contributed by atoms with E-state index in [-0.39, 0.29) is 24.1 Å². The maximum Gasteiger partial charge on any atom is 0.325 e. The van der Waals surface area contributed by atoms with Crippen LogP contribution in [0.25, 0.3) is 0 Å². The minimum absolute atomic E-state index is 0.0177. The molecule has 2 N–H and O–H groups in total. The van der Waals surface area contributed by atoms with E-state index in [9.17, 15) is 18.8 Å². The molecule has 0 heterocycles. The molecule has 24 heavy (non-hydrogen) atoms. The molecule has 1 fully saturated rings. The average Bonchev–Trinajstić information content (AvgIpc) is 2.60. The Morgan fingerprint density at radius 1 is 1.12 bits per heavy atom. The molecule has 0 aromatic heterocycles. The van der Waals surface area contributed by atoms with Crippen molar-refractivity contribution in [3.05, 3.63) is 30.1 Å². The molecule has 1 aliphatic rings. The zero-order valence-electron chi connectivity index (χ0n) is 13.3. The Morgan fingerprint density at radius 2 is 1.83 bits per heavy atom. The molecule has 1 aliphatic carbocycles. The molecular weight excluding hydrogens is 315 g/mol. The predicted octanol–water partition coefficient (Wildman–Crippen LogP) is 2.00. The van der Waals surface area contributed by atoms with Crippen molar-refractivity contribution in [2.45, 2.75) is 32.1 Å². The standard InChI is InChI=1S/C17H21FN2O4/c18-13-8-4-5-9-14(13)20-15(21)11-24-16(22)10-19-17(23)12-6-2-1-3-7-12/h4-5,8-9,12H,1-3,6-7,10-11H2,(H,19,23)(H,20,21). The van der Waals surface area contributed by atoms with Gasteiger partial charge in [-0.25, -0.2) is 4.39 Å². The summed E-state index contributed by atoms with van der Waals surface area (Å²) in [5.41, 5.74) is 0.0177. The number of ether oxygens (including phenoxy) is 1. The Bertz CT molecular complexity index is 600. The van der Waals surface area contributed by atoms with E-state index in [1.165, 1.54) is 18.2 Å². The van der Waals surface area contributed by atoms with Crippen LogP contribution >= 0.6 is 0 Å². The number of para-hydroxylation sites is 1. The fraction of sp³-hybridized carbons (Fsp3) is 0.471. The highest BCUT2D eigenvalue weighted by Gasteiger charge is 2.21. The number of nitrogens with one attached hydrogen (secondary N) is 2. The number of amides is 2. The second kappa shape index (κ2) is 9.00. The second-order valence-electron chi connectivity index (χ2n) is 5.74. The van der Waals surface area contributed by atoms with E-state index in [0.29, 0.717) is 0 Å². The summed E-state index contributed by atoms with van der Waals surface area (Å²) in [4.78, 5) is 35.1. The monoisotopic (exact) mass is 336 g/mol. The fourth-order valence-electron chi connectivity index (χ4n) is 2.61. The number of hydrogen-bond acceptors (Lipinski definition) is 4. The van der Waals surface area contributed by atoms with Crippen LogP contribution in [0.4, 0.5) is 10.1 Å². The van der Waals surface area contributed by atoms with Crippen LogP contribution in [-0.4, -0.2) is 30.9 Å². The molecule has 0 unspecified atom stereocenters. The first-order valence-corrected chi connectivity index (χ1v) is 8.04. The molecule has 2 amide bonds. The van der Waals surface area contributed by atoms with Crippen molar-refractivity contribution in [1.29, 1.82) is 0 Å². The minimum Gasteiger partial charge on any atom is -0.454 e. The van der Waals surface area contributed by atoms with Gasteiger partial charge in [0.25, 0.3) is 5.91 Å². The molecule has 0 aliphatic heterocycles. The van der Waals surface area contributed by atoms with Gasteiger partial charge in [-0.3, -0.25) is 14.4 Å². The van der Waals surface area contributed by atoms with Gasteiger partial charge >= 0.3 is 5.97 Å². The van der Waals surface area contributed by atoms with Gasteiger partial charge < -0.3 is 15.4 Å². The van der Waals surface area contributed by atoms with Crippen molar-refractivity contribution < 1.29 is 23.5 Å². The normalized spacial score (nSPS) is 14.7. The number of hydrogen-bond donors (Lipinski definition) is 2. The first-order valence-electron chi connectivity index (χ1n) is 8.04. The molecule has 6 nitrogen and oxygen atoms in total. The smallest absolute Gasteiger partial charge is 0.325 e. The summed E-state index contributed by atoms with van der Waals surface area (Å²) < 4.78 is 18.1. The SMILES string of the molecule is O=C(COC(=O)CNC(=O)C1CCCCC1)Nc1ccccc1F. The Kier molecular flexibility index (Phi) is 6.72. The predicted molar refractivity (Wildman–Crippen MR) is 85.6 cm³/mol. The van der Waals surface area contributed by atoms with Crippen LogP contribution < -0.4 is 10.6 Å². The maximum absolute atomic E-state index is 13.4. The first kappa shape index (κ1) is 17.9. The van der Waals surface area contributed by atoms with E-state index >= 15 is 0 Å². The lowest BCUT2D eigenvalue weighted by Crippen LogP contribution is -2.36. The van der Waals surface area contributed by atoms with Crippen LogP contribution in [0.15, 0.2) is 24.3 Å². The lowest BCUT2D eigenvalue weighted by atomic mass is 9.89. The lowest BCUT2D eigenvalue weighted by molar-refractivity contribution is -0.147. The molecule has 1 aromatic rings. The fourth-order valence-corrected chi connectivity index (χ4v) is 2.61. The minimum atomic E-state index is -0.706. The van der Waals surface area contributed by atoms with E-state index in [4.69, 9.17) is 4.74 Å². The van der Waals surface area contributed by atoms with Crippen LogP contribution in [0.5, 0.6) is 0 Å². The van der Waals surface area contributed by atoms with E-state index in [1.807, 2.05) is 0 Å². The van der Waals surface area contributed by atoms with Crippen molar-refractivity contribution in [3.8, 4) is 0 Å². The van der Waals surface area contributed by atoms with Crippen molar-refractivity contribution >= 4 is 23.5 Å². The molecule has 1 aromatic carbocycles. The summed E-state index contributed by atoms with van der Waals surface area (Å²) in [7, 11) is 0. The summed E-state index contributed by atoms with van der Waals surface area (Å²) in [5.74, 6) is -2.12. The third kappa shape index (κ3) is 5.64. The van der Waals surface area contributed by atoms with Crippen molar-refractivity contribution in [1.82, 2.24) is 5.32 Å². The first-order chi connectivity index (χ1) is 11.6. The van der Waals surface area contributed by atoms with Crippen molar-refractivity contribution in [2.75, 3.05) is 18.5 Å². The van der Waals surface area contributed by atoms with Crippen LogP contribution in [0.3, 0.4) is 0 Å². The number of esters is 1. The summed E-state index contributed by atoms with van der Waals surface area (Å²) in [6, 6.07) is 5.69. The van der Waals surface area contributed by atoms with Gasteiger partial charge in [-0.05, 0) is 25.0 Å². The van der Waals surface area contributed by atoms with E-state index in [2.05, 4.69) is 10.6 Å². The largest absolute Gasteiger partial charge is 0.454 e. The number of benzene rings is 1. The number of anilines is 1. The van der Waals surface area contributed by atoms with E-state index < -0.39 is 24.3 Å². The summed E-state index contributed by atoms with van der Waals surface area (Å²) in [6.07, 6.45) is 4.87. The molecule has 0 saturated heterocycles. The lowest BCUT2D eigenvalue weighted by Gasteiger charge is -2.20. The zero-order chi connectivity index (χ0) is 17.4. The summed E-state index contributed by atoms with van der Waals surface area (Å²) in [5, 5.41) is 4.83. The second-order valence-corrected chi connectivity index (χ2v) is 5.74. The van der Waals surface area contributed by atoms with Gasteiger partial charge in [0, 0.05) is 5.92 Å². The van der Waals surface area contributed by atoms with Gasteiger partial charge in [0.2, 0.25) is 5.91 Å². The number of carbonyl (C=O) groups excluding carboxylic acids is 3. The van der Waals surface area contributed by atoms with Gasteiger partial charge in [-0.15, -0.1) is 0 Å². The zero-order valence-corrected chi connectivity index (χ0v) is 13.3. The Labute approximate surface area is 139 Å². The maximum atomic E-state index is 13.4. The highest BCUT2D eigenvalue weighted by molar-refractivity contribution is 5.93. The number of halogens is 1. The summed E-state index contributed by atoms with van der Waals surface area (Å²) >= 11 is 0. The Hall–Kier alpha value is -2.44. The molecule has 0 radical (unpaired) electrons. The number of carbonyl (C=O) groups is 3. The third-order valence-electron chi connectivity index (χ3n) is 3.90. The van der Waals surface area contributed by atoms with Gasteiger partial charge in [-0.1, -0.05) is 31.4 Å². The highest BCUT2D eigenvalue weighted by atomic mass is 19.1. The van der Waals surface area contributed by atoms with E-state index in [0.717, 1.165) is 32.1 Å². The summed E-state index contributed by atoms with van der Waals surface area (Å²) in [6.45, 7) is -0.811. The molecule has 1 saturated carbocycles. The Morgan fingerprint density at radius 3 is 2.54 bits per heavy atom. The van der Waals surface area contributed by atoms with Gasteiger partial charge in [-0.2, -0.15) is 0 Å². The van der Waals surface area contributed by atoms with Gasteiger partial charge in [0.1, 0.15) is 12.4 Å². The molecular formula is C17H21FN2O4. The van der Waals surface area contributed by atoms with E-state index in [1.54, 1.807) is 6.07 Å². The van der Waals surface area contributed by atoms with Crippen molar-refractivity contribution in [3.63, 3.8) is 0 Å². The third-order valence-corrected chi connectivity index (χ3v) is 3.90. The molecule has 0 atom stereocenters. The topological polar surface area (TPSA) is 84.5 Å². The van der Waals surface area contributed by atoms with Crippen LogP contribution in [-0.2, 0) is 19.1 Å². The van der Waals surface area contributed by atoms with Crippen molar-refractivity contribution in [2.24, 2.45) is 5.92 Å².